The number of aliphatic hydroxyl groups excluding tert-OH is 2. The number of carbonyl (C=O) groups is 2. The van der Waals surface area contributed by atoms with E-state index in [2.05, 4.69) is 43.5 Å². The smallest absolute Gasteiger partial charge is 0.305 e. The molecule has 0 radical (unpaired) electrons. The number of allylic oxidation sites excluding steroid dienone is 5. The first-order valence-electron chi connectivity index (χ1n) is 29.3. The van der Waals surface area contributed by atoms with Gasteiger partial charge >= 0.3 is 5.97 Å². The van der Waals surface area contributed by atoms with Crippen LogP contribution in [0.25, 0.3) is 0 Å². The second-order valence-electron chi connectivity index (χ2n) is 20.0. The number of carbonyl (C=O) groups excluding carboxylic acids is 2. The topological polar surface area (TPSA) is 95.9 Å². The molecule has 2 unspecified atom stereocenters. The third kappa shape index (κ3) is 51.5. The van der Waals surface area contributed by atoms with E-state index >= 15 is 0 Å². The fraction of sp³-hybridized carbons (Fsp3) is 0.867. The molecule has 66 heavy (non-hydrogen) atoms. The summed E-state index contributed by atoms with van der Waals surface area (Å²) >= 11 is 0. The molecule has 0 aromatic heterocycles. The molecule has 0 aromatic carbocycles. The van der Waals surface area contributed by atoms with Gasteiger partial charge in [0.15, 0.2) is 0 Å². The number of hydrogen-bond acceptors (Lipinski definition) is 5. The number of rotatable bonds is 54. The van der Waals surface area contributed by atoms with Gasteiger partial charge in [-0.15, -0.1) is 0 Å². The largest absolute Gasteiger partial charge is 0.466 e. The molecule has 0 rings (SSSR count). The standard InChI is InChI=1S/C60H113NO5/c1-3-5-7-9-11-13-15-17-19-21-24-28-32-36-40-44-48-52-58(63)57(56-62)61-59(64)53-49-45-41-37-33-29-25-23-27-31-35-39-43-47-51-55-66-60(65)54-50-46-42-38-34-30-26-22-20-18-16-14-12-10-8-6-4-2/h12,14,18,20,48,52,57-58,62-63H,3-11,13,15-17,19,21-47,49-51,53-56H2,1-2H3,(H,61,64)/b14-12-,20-18-,52-48+. The molecular weight excluding hydrogens is 815 g/mol. The monoisotopic (exact) mass is 928 g/mol. The number of aliphatic hydroxyl groups is 2. The molecule has 2 atom stereocenters. The molecule has 0 bridgehead atoms. The van der Waals surface area contributed by atoms with Crippen LogP contribution in [0, 0.1) is 0 Å². The number of unbranched alkanes of at least 4 members (excludes halogenated alkanes) is 39. The third-order valence-corrected chi connectivity index (χ3v) is 13.4. The molecule has 388 valence electrons. The maximum atomic E-state index is 12.5. The molecule has 6 heteroatoms. The Labute approximate surface area is 411 Å². The summed E-state index contributed by atoms with van der Waals surface area (Å²) in [6, 6.07) is -0.635. The van der Waals surface area contributed by atoms with E-state index in [1.807, 2.05) is 6.08 Å². The van der Waals surface area contributed by atoms with Gasteiger partial charge in [-0.25, -0.2) is 0 Å². The lowest BCUT2D eigenvalue weighted by molar-refractivity contribution is -0.143. The number of nitrogens with one attached hydrogen (secondary N) is 1. The zero-order valence-electron chi connectivity index (χ0n) is 44.2. The number of amides is 1. The lowest BCUT2D eigenvalue weighted by Gasteiger charge is -2.20. The van der Waals surface area contributed by atoms with Gasteiger partial charge in [-0.05, 0) is 64.2 Å². The summed E-state index contributed by atoms with van der Waals surface area (Å²) < 4.78 is 5.48. The van der Waals surface area contributed by atoms with E-state index in [4.69, 9.17) is 4.74 Å². The van der Waals surface area contributed by atoms with E-state index in [0.29, 0.717) is 19.4 Å². The maximum absolute atomic E-state index is 12.5. The normalized spacial score (nSPS) is 12.8. The van der Waals surface area contributed by atoms with Crippen LogP contribution in [-0.2, 0) is 14.3 Å². The minimum absolute atomic E-state index is 0.00817. The van der Waals surface area contributed by atoms with Crippen LogP contribution in [0.2, 0.25) is 0 Å². The fourth-order valence-electron chi connectivity index (χ4n) is 8.90. The van der Waals surface area contributed by atoms with Gasteiger partial charge in [0.25, 0.3) is 0 Å². The van der Waals surface area contributed by atoms with Gasteiger partial charge in [0.2, 0.25) is 5.91 Å². The summed E-state index contributed by atoms with van der Waals surface area (Å²) in [5, 5.41) is 23.1. The highest BCUT2D eigenvalue weighted by Crippen LogP contribution is 2.17. The van der Waals surface area contributed by atoms with Gasteiger partial charge in [-0.3, -0.25) is 9.59 Å². The highest BCUT2D eigenvalue weighted by atomic mass is 16.5. The molecule has 0 aromatic rings. The van der Waals surface area contributed by atoms with Crippen LogP contribution in [0.1, 0.15) is 309 Å². The van der Waals surface area contributed by atoms with Crippen molar-refractivity contribution in [2.45, 2.75) is 321 Å². The van der Waals surface area contributed by atoms with Crippen LogP contribution in [-0.4, -0.2) is 47.4 Å². The summed E-state index contributed by atoms with van der Waals surface area (Å²) in [5.41, 5.74) is 0. The van der Waals surface area contributed by atoms with E-state index in [1.54, 1.807) is 6.08 Å². The predicted molar refractivity (Wildman–Crippen MR) is 287 cm³/mol. The van der Waals surface area contributed by atoms with Crippen LogP contribution in [0.3, 0.4) is 0 Å². The Bertz CT molecular complexity index is 1070. The van der Waals surface area contributed by atoms with Crippen molar-refractivity contribution in [1.29, 1.82) is 0 Å². The quantitative estimate of drug-likeness (QED) is 0.0321. The molecule has 0 aliphatic rings. The van der Waals surface area contributed by atoms with E-state index < -0.39 is 12.1 Å². The molecule has 3 N–H and O–H groups in total. The molecule has 0 saturated heterocycles. The molecule has 1 amide bonds. The lowest BCUT2D eigenvalue weighted by atomic mass is 10.0. The zero-order chi connectivity index (χ0) is 47.9. The Hall–Kier alpha value is -1.92. The fourth-order valence-corrected chi connectivity index (χ4v) is 8.90. The van der Waals surface area contributed by atoms with Crippen molar-refractivity contribution in [2.24, 2.45) is 0 Å². The van der Waals surface area contributed by atoms with E-state index in [1.165, 1.54) is 218 Å². The first-order chi connectivity index (χ1) is 32.5. The Balaban J connectivity index is 3.46. The molecule has 0 aliphatic heterocycles. The van der Waals surface area contributed by atoms with Crippen molar-refractivity contribution < 1.29 is 24.5 Å². The second kappa shape index (κ2) is 55.7. The molecule has 0 saturated carbocycles. The minimum atomic E-state index is -0.851. The molecule has 0 spiro atoms. The van der Waals surface area contributed by atoms with Crippen molar-refractivity contribution in [3.05, 3.63) is 36.5 Å². The predicted octanol–water partition coefficient (Wildman–Crippen LogP) is 18.0. The molecule has 0 fully saturated rings. The second-order valence-corrected chi connectivity index (χ2v) is 20.0. The Morgan fingerprint density at radius 3 is 1.18 bits per heavy atom. The van der Waals surface area contributed by atoms with Crippen molar-refractivity contribution in [3.63, 3.8) is 0 Å². The molecular formula is C60H113NO5. The third-order valence-electron chi connectivity index (χ3n) is 13.4. The molecule has 0 aliphatic carbocycles. The van der Waals surface area contributed by atoms with E-state index in [9.17, 15) is 19.8 Å². The Morgan fingerprint density at radius 1 is 0.424 bits per heavy atom. The summed E-state index contributed by atoms with van der Waals surface area (Å²) in [6.07, 6.45) is 68.7. The Kier molecular flexibility index (Phi) is 54.1. The van der Waals surface area contributed by atoms with Crippen molar-refractivity contribution in [2.75, 3.05) is 13.2 Å². The van der Waals surface area contributed by atoms with Crippen molar-refractivity contribution >= 4 is 11.9 Å². The van der Waals surface area contributed by atoms with E-state index in [-0.39, 0.29) is 18.5 Å². The van der Waals surface area contributed by atoms with Gasteiger partial charge < -0.3 is 20.3 Å². The maximum Gasteiger partial charge on any atom is 0.305 e. The average molecular weight is 929 g/mol. The minimum Gasteiger partial charge on any atom is -0.466 e. The van der Waals surface area contributed by atoms with Gasteiger partial charge in [-0.1, -0.05) is 269 Å². The summed E-state index contributed by atoms with van der Waals surface area (Å²) in [5.74, 6) is -0.0837. The first-order valence-corrected chi connectivity index (χ1v) is 29.3. The summed E-state index contributed by atoms with van der Waals surface area (Å²) in [6.45, 7) is 4.87. The highest BCUT2D eigenvalue weighted by Gasteiger charge is 2.18. The number of esters is 1. The number of ether oxygens (including phenoxy) is 1. The van der Waals surface area contributed by atoms with Gasteiger partial charge in [0.1, 0.15) is 0 Å². The average Bonchev–Trinajstić information content (AvgIpc) is 3.32. The van der Waals surface area contributed by atoms with Crippen LogP contribution in [0.5, 0.6) is 0 Å². The van der Waals surface area contributed by atoms with E-state index in [0.717, 1.165) is 64.2 Å². The first kappa shape index (κ1) is 64.1. The van der Waals surface area contributed by atoms with Crippen LogP contribution in [0.4, 0.5) is 0 Å². The van der Waals surface area contributed by atoms with Crippen molar-refractivity contribution in [3.8, 4) is 0 Å². The summed E-state index contributed by atoms with van der Waals surface area (Å²) in [7, 11) is 0. The molecule has 0 heterocycles. The zero-order valence-corrected chi connectivity index (χ0v) is 44.2. The van der Waals surface area contributed by atoms with Crippen LogP contribution in [0.15, 0.2) is 36.5 Å². The van der Waals surface area contributed by atoms with Gasteiger partial charge in [-0.2, -0.15) is 0 Å². The SMILES string of the molecule is CCCCC/C=C\C/C=C\CCCCCCCCCC(=O)OCCCCCCCCCCCCCCCCCC(=O)NC(CO)C(O)/C=C/CCCCCCCCCCCCCCCCC. The lowest BCUT2D eigenvalue weighted by Crippen LogP contribution is -2.45. The van der Waals surface area contributed by atoms with Crippen LogP contribution < -0.4 is 5.32 Å². The summed E-state index contributed by atoms with van der Waals surface area (Å²) in [4.78, 5) is 24.5. The highest BCUT2D eigenvalue weighted by molar-refractivity contribution is 5.76. The number of hydrogen-bond donors (Lipinski definition) is 3. The van der Waals surface area contributed by atoms with Gasteiger partial charge in [0.05, 0.1) is 25.4 Å². The van der Waals surface area contributed by atoms with Crippen molar-refractivity contribution in [1.82, 2.24) is 5.32 Å². The van der Waals surface area contributed by atoms with Crippen LogP contribution >= 0.6 is 0 Å². The molecule has 6 nitrogen and oxygen atoms in total. The van der Waals surface area contributed by atoms with Gasteiger partial charge in [0, 0.05) is 12.8 Å². The Morgan fingerprint density at radius 2 is 0.758 bits per heavy atom.